The normalized spacial score (nSPS) is 10.6. The van der Waals surface area contributed by atoms with Crippen molar-refractivity contribution in [3.05, 3.63) is 17.5 Å². The van der Waals surface area contributed by atoms with Crippen LogP contribution in [0.1, 0.15) is 50.8 Å². The molecule has 102 valence electrons. The molecule has 18 heavy (non-hydrogen) atoms. The maximum Gasteiger partial charge on any atom is 0.316 e. The molecule has 0 amide bonds. The zero-order chi connectivity index (χ0) is 13.2. The van der Waals surface area contributed by atoms with Gasteiger partial charge in [0.25, 0.3) is 0 Å². The minimum Gasteiger partial charge on any atom is -0.463 e. The Morgan fingerprint density at radius 1 is 1.22 bits per heavy atom. The van der Waals surface area contributed by atoms with Gasteiger partial charge in [-0.15, -0.1) is 0 Å². The Labute approximate surface area is 110 Å². The summed E-state index contributed by atoms with van der Waals surface area (Å²) in [7, 11) is 0. The lowest BCUT2D eigenvalue weighted by Crippen LogP contribution is -2.14. The SMILES string of the molecule is CCCCCCOc1ncc(CNCC)c(C)n1. The fourth-order valence-corrected chi connectivity index (χ4v) is 1.67. The lowest BCUT2D eigenvalue weighted by Gasteiger charge is -2.08. The van der Waals surface area contributed by atoms with E-state index in [1.165, 1.54) is 19.3 Å². The Balaban J connectivity index is 2.36. The van der Waals surface area contributed by atoms with E-state index in [4.69, 9.17) is 4.74 Å². The van der Waals surface area contributed by atoms with Crippen molar-refractivity contribution in [1.29, 1.82) is 0 Å². The van der Waals surface area contributed by atoms with Crippen molar-refractivity contribution in [1.82, 2.24) is 15.3 Å². The fourth-order valence-electron chi connectivity index (χ4n) is 1.67. The van der Waals surface area contributed by atoms with Crippen LogP contribution in [0.3, 0.4) is 0 Å². The van der Waals surface area contributed by atoms with Crippen LogP contribution in [0.2, 0.25) is 0 Å². The largest absolute Gasteiger partial charge is 0.463 e. The molecular weight excluding hydrogens is 226 g/mol. The lowest BCUT2D eigenvalue weighted by molar-refractivity contribution is 0.280. The molecule has 0 aromatic carbocycles. The van der Waals surface area contributed by atoms with Crippen LogP contribution >= 0.6 is 0 Å². The summed E-state index contributed by atoms with van der Waals surface area (Å²) in [6, 6.07) is 0.504. The molecular formula is C14H25N3O. The van der Waals surface area contributed by atoms with E-state index in [0.717, 1.165) is 30.8 Å². The molecule has 0 aliphatic rings. The quantitative estimate of drug-likeness (QED) is 0.686. The standard InChI is InChI=1S/C14H25N3O/c1-4-6-7-8-9-18-14-16-11-13(10-15-5-2)12(3)17-14/h11,15H,4-10H2,1-3H3. The van der Waals surface area contributed by atoms with Crippen LogP contribution in [0.4, 0.5) is 0 Å². The molecule has 0 spiro atoms. The zero-order valence-electron chi connectivity index (χ0n) is 11.8. The number of aryl methyl sites for hydroxylation is 1. The molecule has 1 aromatic heterocycles. The second-order valence-corrected chi connectivity index (χ2v) is 4.45. The summed E-state index contributed by atoms with van der Waals surface area (Å²) < 4.78 is 5.55. The first-order valence-corrected chi connectivity index (χ1v) is 6.94. The molecule has 0 atom stereocenters. The molecule has 0 unspecified atom stereocenters. The van der Waals surface area contributed by atoms with Gasteiger partial charge in [-0.05, 0) is 19.9 Å². The molecule has 4 heteroatoms. The molecule has 0 saturated heterocycles. The van der Waals surface area contributed by atoms with Gasteiger partial charge in [-0.25, -0.2) is 9.97 Å². The van der Waals surface area contributed by atoms with Crippen molar-refractivity contribution in [2.45, 2.75) is 53.0 Å². The van der Waals surface area contributed by atoms with Crippen molar-refractivity contribution in [2.24, 2.45) is 0 Å². The van der Waals surface area contributed by atoms with Crippen molar-refractivity contribution in [3.63, 3.8) is 0 Å². The second-order valence-electron chi connectivity index (χ2n) is 4.45. The molecule has 1 rings (SSSR count). The van der Waals surface area contributed by atoms with Crippen LogP contribution < -0.4 is 10.1 Å². The molecule has 0 saturated carbocycles. The van der Waals surface area contributed by atoms with Crippen LogP contribution in [-0.4, -0.2) is 23.1 Å². The maximum absolute atomic E-state index is 5.55. The third kappa shape index (κ3) is 5.45. The Kier molecular flexibility index (Phi) is 7.34. The van der Waals surface area contributed by atoms with Crippen molar-refractivity contribution in [3.8, 4) is 6.01 Å². The van der Waals surface area contributed by atoms with E-state index < -0.39 is 0 Å². The highest BCUT2D eigenvalue weighted by Crippen LogP contribution is 2.09. The number of nitrogens with one attached hydrogen (secondary N) is 1. The van der Waals surface area contributed by atoms with E-state index in [0.29, 0.717) is 12.6 Å². The molecule has 1 heterocycles. The summed E-state index contributed by atoms with van der Waals surface area (Å²) >= 11 is 0. The van der Waals surface area contributed by atoms with Crippen LogP contribution in [0.15, 0.2) is 6.20 Å². The summed E-state index contributed by atoms with van der Waals surface area (Å²) in [5.74, 6) is 0. The third-order valence-corrected chi connectivity index (χ3v) is 2.85. The first-order chi connectivity index (χ1) is 8.77. The minimum absolute atomic E-state index is 0.504. The minimum atomic E-state index is 0.504. The molecule has 0 aliphatic heterocycles. The molecule has 1 N–H and O–H groups in total. The van der Waals surface area contributed by atoms with Gasteiger partial charge in [-0.3, -0.25) is 0 Å². The lowest BCUT2D eigenvalue weighted by atomic mass is 10.2. The van der Waals surface area contributed by atoms with Gasteiger partial charge in [0.05, 0.1) is 6.61 Å². The van der Waals surface area contributed by atoms with Crippen molar-refractivity contribution in [2.75, 3.05) is 13.2 Å². The summed E-state index contributed by atoms with van der Waals surface area (Å²) in [5, 5.41) is 3.27. The zero-order valence-corrected chi connectivity index (χ0v) is 11.8. The summed E-state index contributed by atoms with van der Waals surface area (Å²) in [4.78, 5) is 8.61. The highest BCUT2D eigenvalue weighted by Gasteiger charge is 2.03. The Bertz CT molecular complexity index is 342. The molecule has 0 fully saturated rings. The fraction of sp³-hybridized carbons (Fsp3) is 0.714. The molecule has 0 aliphatic carbocycles. The first kappa shape index (κ1) is 14.9. The highest BCUT2D eigenvalue weighted by atomic mass is 16.5. The highest BCUT2D eigenvalue weighted by molar-refractivity contribution is 5.17. The molecule has 0 bridgehead atoms. The first-order valence-electron chi connectivity index (χ1n) is 6.94. The number of rotatable bonds is 9. The van der Waals surface area contributed by atoms with Gasteiger partial charge in [0.15, 0.2) is 0 Å². The average molecular weight is 251 g/mol. The van der Waals surface area contributed by atoms with E-state index in [-0.39, 0.29) is 0 Å². The monoisotopic (exact) mass is 251 g/mol. The topological polar surface area (TPSA) is 47.0 Å². The molecule has 0 radical (unpaired) electrons. The van der Waals surface area contributed by atoms with Crippen molar-refractivity contribution >= 4 is 0 Å². The van der Waals surface area contributed by atoms with E-state index >= 15 is 0 Å². The van der Waals surface area contributed by atoms with Crippen LogP contribution in [-0.2, 0) is 6.54 Å². The molecule has 4 nitrogen and oxygen atoms in total. The van der Waals surface area contributed by atoms with E-state index in [1.807, 2.05) is 13.1 Å². The van der Waals surface area contributed by atoms with E-state index in [1.54, 1.807) is 0 Å². The number of aromatic nitrogens is 2. The van der Waals surface area contributed by atoms with Gasteiger partial charge in [0, 0.05) is 24.0 Å². The number of unbranched alkanes of at least 4 members (excludes halogenated alkanes) is 3. The molecule has 1 aromatic rings. The van der Waals surface area contributed by atoms with Gasteiger partial charge in [-0.1, -0.05) is 33.1 Å². The third-order valence-electron chi connectivity index (χ3n) is 2.85. The van der Waals surface area contributed by atoms with Gasteiger partial charge in [-0.2, -0.15) is 0 Å². The van der Waals surface area contributed by atoms with E-state index in [2.05, 4.69) is 29.1 Å². The van der Waals surface area contributed by atoms with Crippen LogP contribution in [0, 0.1) is 6.92 Å². The maximum atomic E-state index is 5.55. The predicted molar refractivity (Wildman–Crippen MR) is 73.8 cm³/mol. The summed E-state index contributed by atoms with van der Waals surface area (Å²) in [6.07, 6.45) is 6.66. The van der Waals surface area contributed by atoms with Gasteiger partial charge < -0.3 is 10.1 Å². The number of nitrogens with zero attached hydrogens (tertiary/aromatic N) is 2. The number of hydrogen-bond acceptors (Lipinski definition) is 4. The van der Waals surface area contributed by atoms with Crippen LogP contribution in [0.25, 0.3) is 0 Å². The van der Waals surface area contributed by atoms with Crippen molar-refractivity contribution < 1.29 is 4.74 Å². The summed E-state index contributed by atoms with van der Waals surface area (Å²) in [6.45, 7) is 8.78. The van der Waals surface area contributed by atoms with Crippen LogP contribution in [0.5, 0.6) is 6.01 Å². The number of ether oxygens (including phenoxy) is 1. The van der Waals surface area contributed by atoms with Gasteiger partial charge >= 0.3 is 6.01 Å². The number of hydrogen-bond donors (Lipinski definition) is 1. The van der Waals surface area contributed by atoms with E-state index in [9.17, 15) is 0 Å². The Morgan fingerprint density at radius 2 is 2.06 bits per heavy atom. The Hall–Kier alpha value is -1.16. The Morgan fingerprint density at radius 3 is 2.72 bits per heavy atom. The van der Waals surface area contributed by atoms with Gasteiger partial charge in [0.1, 0.15) is 0 Å². The average Bonchev–Trinajstić information content (AvgIpc) is 2.37. The summed E-state index contributed by atoms with van der Waals surface area (Å²) in [5.41, 5.74) is 2.13. The predicted octanol–water partition coefficient (Wildman–Crippen LogP) is 2.85. The second kappa shape index (κ2) is 8.86. The van der Waals surface area contributed by atoms with Gasteiger partial charge in [0.2, 0.25) is 0 Å². The smallest absolute Gasteiger partial charge is 0.316 e.